The van der Waals surface area contributed by atoms with Crippen molar-refractivity contribution >= 4 is 22.7 Å². The van der Waals surface area contributed by atoms with Crippen LogP contribution in [0.25, 0.3) is 10.9 Å². The molecule has 5 rings (SSSR count). The number of aryl methyl sites for hydroxylation is 1. The molecule has 0 amide bonds. The second kappa shape index (κ2) is 8.73. The Hall–Kier alpha value is -3.46. The van der Waals surface area contributed by atoms with Gasteiger partial charge in [0.1, 0.15) is 11.6 Å². The van der Waals surface area contributed by atoms with Gasteiger partial charge in [0.2, 0.25) is 0 Å². The van der Waals surface area contributed by atoms with Gasteiger partial charge in [-0.05, 0) is 66.4 Å². The van der Waals surface area contributed by atoms with Crippen LogP contribution in [-0.2, 0) is 19.4 Å². The van der Waals surface area contributed by atoms with E-state index in [0.717, 1.165) is 57.6 Å². The monoisotopic (exact) mass is 433 g/mol. The number of H-pyrrole nitrogens is 2. The highest BCUT2D eigenvalue weighted by molar-refractivity contribution is 7.99. The Bertz CT molecular complexity index is 1280. The van der Waals surface area contributed by atoms with E-state index in [9.17, 15) is 4.39 Å². The molecule has 0 aliphatic heterocycles. The van der Waals surface area contributed by atoms with Crippen LogP contribution < -0.4 is 0 Å². The molecule has 0 saturated heterocycles. The Labute approximate surface area is 182 Å². The van der Waals surface area contributed by atoms with E-state index in [1.807, 2.05) is 30.6 Å². The van der Waals surface area contributed by atoms with Crippen LogP contribution in [0, 0.1) is 5.82 Å². The molecule has 9 heteroatoms. The molecule has 0 aliphatic rings. The van der Waals surface area contributed by atoms with E-state index in [1.54, 1.807) is 30.4 Å². The van der Waals surface area contributed by atoms with Gasteiger partial charge in [-0.2, -0.15) is 0 Å². The molecule has 2 N–H and O–H groups in total. The third kappa shape index (κ3) is 4.51. The summed E-state index contributed by atoms with van der Waals surface area (Å²) in [5.74, 6) is 0.612. The van der Waals surface area contributed by atoms with Crippen molar-refractivity contribution in [2.24, 2.45) is 0 Å². The van der Waals surface area contributed by atoms with Gasteiger partial charge in [-0.25, -0.2) is 9.37 Å². The predicted octanol–water partition coefficient (Wildman–Crippen LogP) is 4.39. The maximum atomic E-state index is 13.5. The largest absolute Gasteiger partial charge is 0.358 e. The van der Waals surface area contributed by atoms with Crippen molar-refractivity contribution in [1.82, 2.24) is 34.7 Å². The molecule has 0 aliphatic carbocycles. The number of pyridine rings is 1. The summed E-state index contributed by atoms with van der Waals surface area (Å²) in [7, 11) is 0. The van der Waals surface area contributed by atoms with Gasteiger partial charge in [-0.1, -0.05) is 0 Å². The first kappa shape index (κ1) is 19.5. The molecule has 1 aromatic carbocycles. The lowest BCUT2D eigenvalue weighted by atomic mass is 10.2. The summed E-state index contributed by atoms with van der Waals surface area (Å²) in [4.78, 5) is 15.7. The average Bonchev–Trinajstić information content (AvgIpc) is 3.51. The molecule has 5 aromatic rings. The Morgan fingerprint density at radius 1 is 1.03 bits per heavy atom. The Morgan fingerprint density at radius 3 is 2.84 bits per heavy atom. The van der Waals surface area contributed by atoms with Gasteiger partial charge in [0.25, 0.3) is 0 Å². The molecule has 4 heterocycles. The number of aromatic amines is 2. The van der Waals surface area contributed by atoms with Gasteiger partial charge < -0.3 is 14.5 Å². The second-order valence-corrected chi connectivity index (χ2v) is 8.27. The van der Waals surface area contributed by atoms with Crippen LogP contribution in [0.2, 0.25) is 0 Å². The zero-order chi connectivity index (χ0) is 21.0. The highest BCUT2D eigenvalue weighted by Gasteiger charge is 2.15. The van der Waals surface area contributed by atoms with E-state index in [-0.39, 0.29) is 5.82 Å². The van der Waals surface area contributed by atoms with E-state index >= 15 is 0 Å². The summed E-state index contributed by atoms with van der Waals surface area (Å²) in [6.45, 7) is 0.777. The van der Waals surface area contributed by atoms with Crippen molar-refractivity contribution in [2.45, 2.75) is 35.9 Å². The minimum atomic E-state index is -0.252. The fourth-order valence-corrected chi connectivity index (χ4v) is 4.40. The molecule has 0 fully saturated rings. The number of nitrogens with one attached hydrogen (secondary N) is 2. The lowest BCUT2D eigenvalue weighted by Gasteiger charge is -2.09. The summed E-state index contributed by atoms with van der Waals surface area (Å²) in [6.07, 6.45) is 9.51. The van der Waals surface area contributed by atoms with Gasteiger partial charge in [0, 0.05) is 53.4 Å². The summed E-state index contributed by atoms with van der Waals surface area (Å²) in [5.41, 5.74) is 2.86. The molecule has 0 spiro atoms. The molecule has 0 bridgehead atoms. The molecule has 156 valence electrons. The molecule has 0 unspecified atom stereocenters. The molecular weight excluding hydrogens is 413 g/mol. The molecule has 0 saturated carbocycles. The third-order valence-corrected chi connectivity index (χ3v) is 5.97. The number of nitrogens with zero attached hydrogens (tertiary/aromatic N) is 5. The highest BCUT2D eigenvalue weighted by Crippen LogP contribution is 2.27. The number of halogens is 1. The summed E-state index contributed by atoms with van der Waals surface area (Å²) in [6, 6.07) is 10.7. The van der Waals surface area contributed by atoms with Gasteiger partial charge in [0.05, 0.1) is 6.33 Å². The molecule has 0 radical (unpaired) electrons. The maximum Gasteiger partial charge on any atom is 0.196 e. The zero-order valence-electron chi connectivity index (χ0n) is 16.6. The van der Waals surface area contributed by atoms with Crippen LogP contribution in [0.4, 0.5) is 4.39 Å². The van der Waals surface area contributed by atoms with Crippen molar-refractivity contribution in [1.29, 1.82) is 0 Å². The number of hydrogen-bond donors (Lipinski definition) is 2. The number of hydrogen-bond acceptors (Lipinski definition) is 5. The average molecular weight is 434 g/mol. The molecule has 7 nitrogen and oxygen atoms in total. The van der Waals surface area contributed by atoms with E-state index < -0.39 is 0 Å². The first-order chi connectivity index (χ1) is 15.2. The van der Waals surface area contributed by atoms with Crippen molar-refractivity contribution in [3.05, 3.63) is 84.3 Å². The first-order valence-corrected chi connectivity index (χ1v) is 10.8. The van der Waals surface area contributed by atoms with Crippen LogP contribution in [0.5, 0.6) is 0 Å². The highest BCUT2D eigenvalue weighted by atomic mass is 32.2. The maximum absolute atomic E-state index is 13.5. The SMILES string of the molecule is Fc1ccc2cc(Cc3nnc(Sc4cccnc4)n3CCCc3cnc[nH]3)[nH]c2c1. The standard InChI is InChI=1S/C22H20FN7S/c23-16-6-5-15-9-18(27-20(15)10-16)11-21-28-29-22(31-19-4-1-7-24-13-19)30(21)8-2-3-17-12-25-14-26-17/h1,4-7,9-10,12-14,27H,2-3,8,11H2,(H,25,26). The van der Waals surface area contributed by atoms with Crippen molar-refractivity contribution in [3.8, 4) is 0 Å². The minimum absolute atomic E-state index is 0.252. The van der Waals surface area contributed by atoms with Gasteiger partial charge >= 0.3 is 0 Å². The number of imidazole rings is 1. The second-order valence-electron chi connectivity index (χ2n) is 7.22. The normalized spacial score (nSPS) is 11.4. The molecule has 31 heavy (non-hydrogen) atoms. The van der Waals surface area contributed by atoms with Gasteiger partial charge in [-0.3, -0.25) is 4.98 Å². The number of fused-ring (bicyclic) bond motifs is 1. The van der Waals surface area contributed by atoms with Crippen LogP contribution in [-0.4, -0.2) is 34.7 Å². The topological polar surface area (TPSA) is 88.1 Å². The fraction of sp³-hybridized carbons (Fsp3) is 0.182. The zero-order valence-corrected chi connectivity index (χ0v) is 17.4. The van der Waals surface area contributed by atoms with Crippen molar-refractivity contribution < 1.29 is 4.39 Å². The van der Waals surface area contributed by atoms with Crippen LogP contribution in [0.1, 0.15) is 23.6 Å². The summed E-state index contributed by atoms with van der Waals surface area (Å²) >= 11 is 1.55. The van der Waals surface area contributed by atoms with E-state index in [1.165, 1.54) is 12.1 Å². The molecule has 4 aromatic heterocycles. The third-order valence-electron chi connectivity index (χ3n) is 5.01. The van der Waals surface area contributed by atoms with Crippen molar-refractivity contribution in [2.75, 3.05) is 0 Å². The van der Waals surface area contributed by atoms with E-state index in [4.69, 9.17) is 0 Å². The number of rotatable bonds is 8. The van der Waals surface area contributed by atoms with Gasteiger partial charge in [-0.15, -0.1) is 10.2 Å². The Kier molecular flexibility index (Phi) is 5.49. The van der Waals surface area contributed by atoms with Crippen LogP contribution in [0.15, 0.2) is 71.4 Å². The Morgan fingerprint density at radius 2 is 2.00 bits per heavy atom. The number of benzene rings is 1. The summed E-state index contributed by atoms with van der Waals surface area (Å²) < 4.78 is 15.7. The quantitative estimate of drug-likeness (QED) is 0.379. The number of aromatic nitrogens is 7. The van der Waals surface area contributed by atoms with Crippen LogP contribution in [0.3, 0.4) is 0 Å². The minimum Gasteiger partial charge on any atom is -0.358 e. The van der Waals surface area contributed by atoms with Gasteiger partial charge in [0.15, 0.2) is 5.16 Å². The van der Waals surface area contributed by atoms with Crippen LogP contribution >= 0.6 is 11.8 Å². The van der Waals surface area contributed by atoms with Crippen molar-refractivity contribution in [3.63, 3.8) is 0 Å². The molecular formula is C22H20FN7S. The summed E-state index contributed by atoms with van der Waals surface area (Å²) in [5, 5.41) is 10.7. The lowest BCUT2D eigenvalue weighted by Crippen LogP contribution is -2.07. The van der Waals surface area contributed by atoms with E-state index in [0.29, 0.717) is 6.42 Å². The Balaban J connectivity index is 1.40. The first-order valence-electron chi connectivity index (χ1n) is 9.99. The smallest absolute Gasteiger partial charge is 0.196 e. The van der Waals surface area contributed by atoms with E-state index in [2.05, 4.69) is 34.7 Å². The molecule has 0 atom stereocenters. The predicted molar refractivity (Wildman–Crippen MR) is 116 cm³/mol. The lowest BCUT2D eigenvalue weighted by molar-refractivity contribution is 0.572. The fourth-order valence-electron chi connectivity index (χ4n) is 3.54.